The zero-order valence-electron chi connectivity index (χ0n) is 27.7. The molecule has 0 saturated carbocycles. The first-order chi connectivity index (χ1) is 21.6. The number of rotatable bonds is 16. The first-order valence-electron chi connectivity index (χ1n) is 15.7. The predicted octanol–water partition coefficient (Wildman–Crippen LogP) is 4.66. The van der Waals surface area contributed by atoms with Gasteiger partial charge in [-0.15, -0.1) is 0 Å². The molecule has 2 atom stereocenters. The van der Waals surface area contributed by atoms with Crippen LogP contribution in [0.1, 0.15) is 92.1 Å². The summed E-state index contributed by atoms with van der Waals surface area (Å²) in [6.45, 7) is 12.1. The number of hydrogen-bond donors (Lipinski definition) is 4. The van der Waals surface area contributed by atoms with E-state index in [4.69, 9.17) is 4.74 Å². The fourth-order valence-electron chi connectivity index (χ4n) is 4.83. The van der Waals surface area contributed by atoms with Crippen molar-refractivity contribution < 1.29 is 37.8 Å². The minimum absolute atomic E-state index is 0.00846. The Hall–Kier alpha value is -4.06. The van der Waals surface area contributed by atoms with Crippen LogP contribution in [-0.2, 0) is 16.0 Å². The molecule has 0 radical (unpaired) electrons. The molecule has 10 nitrogen and oxygen atoms in total. The minimum atomic E-state index is -1.22. The Labute approximate surface area is 270 Å². The molecule has 0 aromatic heterocycles. The van der Waals surface area contributed by atoms with Gasteiger partial charge in [0.2, 0.25) is 5.91 Å². The maximum atomic E-state index is 14.0. The van der Waals surface area contributed by atoms with Gasteiger partial charge < -0.3 is 30.7 Å². The van der Waals surface area contributed by atoms with Gasteiger partial charge in [0.25, 0.3) is 11.8 Å². The zero-order valence-corrected chi connectivity index (χ0v) is 27.7. The molecule has 0 bridgehead atoms. The number of aryl methyl sites for hydroxylation is 1. The van der Waals surface area contributed by atoms with E-state index in [0.29, 0.717) is 24.2 Å². The van der Waals surface area contributed by atoms with Crippen LogP contribution in [0.15, 0.2) is 36.4 Å². The topological polar surface area (TPSA) is 137 Å². The van der Waals surface area contributed by atoms with Gasteiger partial charge in [0.1, 0.15) is 17.2 Å². The van der Waals surface area contributed by atoms with Crippen LogP contribution < -0.4 is 16.0 Å². The maximum Gasteiger partial charge on any atom is 0.407 e. The van der Waals surface area contributed by atoms with Gasteiger partial charge in [0.05, 0.1) is 12.1 Å². The summed E-state index contributed by atoms with van der Waals surface area (Å²) in [5.41, 5.74) is 0.797. The van der Waals surface area contributed by atoms with Gasteiger partial charge in [-0.1, -0.05) is 13.8 Å². The molecule has 0 spiro atoms. The zero-order chi connectivity index (χ0) is 34.4. The molecule has 0 unspecified atom stereocenters. The fourth-order valence-corrected chi connectivity index (χ4v) is 4.83. The van der Waals surface area contributed by atoms with Crippen LogP contribution in [0, 0.1) is 18.6 Å². The van der Waals surface area contributed by atoms with Gasteiger partial charge in [0, 0.05) is 49.8 Å². The first kappa shape index (κ1) is 38.1. The second-order valence-electron chi connectivity index (χ2n) is 12.3. The van der Waals surface area contributed by atoms with Gasteiger partial charge in [0.15, 0.2) is 0 Å². The summed E-state index contributed by atoms with van der Waals surface area (Å²) >= 11 is 0. The Morgan fingerprint density at radius 2 is 1.50 bits per heavy atom. The van der Waals surface area contributed by atoms with E-state index in [1.54, 1.807) is 44.7 Å². The number of nitrogens with zero attached hydrogens (tertiary/aromatic N) is 1. The largest absolute Gasteiger partial charge is 0.444 e. The number of halogens is 2. The number of benzene rings is 2. The van der Waals surface area contributed by atoms with Crippen molar-refractivity contribution in [3.8, 4) is 0 Å². The van der Waals surface area contributed by atoms with Crippen molar-refractivity contribution in [2.45, 2.75) is 91.4 Å². The van der Waals surface area contributed by atoms with Crippen molar-refractivity contribution in [3.05, 3.63) is 70.3 Å². The average molecular weight is 647 g/mol. The third-order valence-electron chi connectivity index (χ3n) is 6.80. The second kappa shape index (κ2) is 18.2. The number of aliphatic hydroxyl groups is 1. The van der Waals surface area contributed by atoms with Crippen LogP contribution in [0.5, 0.6) is 0 Å². The lowest BCUT2D eigenvalue weighted by Gasteiger charge is -2.25. The lowest BCUT2D eigenvalue weighted by atomic mass is 9.97. The summed E-state index contributed by atoms with van der Waals surface area (Å²) in [6, 6.07) is 6.81. The van der Waals surface area contributed by atoms with E-state index in [9.17, 15) is 33.1 Å². The molecule has 2 aromatic carbocycles. The molecule has 0 aliphatic rings. The van der Waals surface area contributed by atoms with E-state index in [1.165, 1.54) is 6.07 Å². The molecule has 254 valence electrons. The number of aliphatic hydroxyl groups excluding tert-OH is 1. The van der Waals surface area contributed by atoms with Gasteiger partial charge in [-0.05, 0) is 94.8 Å². The summed E-state index contributed by atoms with van der Waals surface area (Å²) < 4.78 is 33.1. The molecule has 0 saturated heterocycles. The van der Waals surface area contributed by atoms with Crippen LogP contribution in [0.3, 0.4) is 0 Å². The molecule has 0 heterocycles. The Kier molecular flexibility index (Phi) is 15.1. The van der Waals surface area contributed by atoms with E-state index in [2.05, 4.69) is 16.0 Å². The molecule has 2 rings (SSSR count). The Balaban J connectivity index is 2.14. The molecule has 12 heteroatoms. The molecule has 0 aliphatic heterocycles. The lowest BCUT2D eigenvalue weighted by Crippen LogP contribution is -2.46. The van der Waals surface area contributed by atoms with Gasteiger partial charge >= 0.3 is 6.09 Å². The molecule has 0 aliphatic carbocycles. The lowest BCUT2D eigenvalue weighted by molar-refractivity contribution is -0.121. The average Bonchev–Trinajstić information content (AvgIpc) is 2.94. The van der Waals surface area contributed by atoms with Crippen molar-refractivity contribution in [1.82, 2.24) is 20.9 Å². The van der Waals surface area contributed by atoms with Crippen molar-refractivity contribution >= 4 is 23.8 Å². The number of nitrogens with one attached hydrogen (secondary N) is 3. The number of alkyl carbamates (subject to hydrolysis) is 1. The van der Waals surface area contributed by atoms with E-state index in [1.807, 2.05) is 13.8 Å². The Morgan fingerprint density at radius 3 is 2.09 bits per heavy atom. The van der Waals surface area contributed by atoms with Crippen LogP contribution in [0.2, 0.25) is 0 Å². The highest BCUT2D eigenvalue weighted by Crippen LogP contribution is 2.17. The molecular formula is C34H48F2N4O6. The Bertz CT molecular complexity index is 1320. The number of carbonyl (C=O) groups excluding carboxylic acids is 4. The second-order valence-corrected chi connectivity index (χ2v) is 12.3. The summed E-state index contributed by atoms with van der Waals surface area (Å²) in [4.78, 5) is 52.5. The third kappa shape index (κ3) is 13.5. The van der Waals surface area contributed by atoms with Crippen LogP contribution in [0.4, 0.5) is 13.6 Å². The van der Waals surface area contributed by atoms with E-state index in [0.717, 1.165) is 31.0 Å². The van der Waals surface area contributed by atoms with Crippen molar-refractivity contribution in [2.75, 3.05) is 26.2 Å². The highest BCUT2D eigenvalue weighted by atomic mass is 19.1. The molecular weight excluding hydrogens is 598 g/mol. The third-order valence-corrected chi connectivity index (χ3v) is 6.80. The van der Waals surface area contributed by atoms with E-state index < -0.39 is 41.4 Å². The smallest absolute Gasteiger partial charge is 0.407 e. The quantitative estimate of drug-likeness (QED) is 0.210. The van der Waals surface area contributed by atoms with Crippen LogP contribution in [-0.4, -0.2) is 77.7 Å². The maximum absolute atomic E-state index is 14.0. The number of hydrogen-bond acceptors (Lipinski definition) is 6. The van der Waals surface area contributed by atoms with Crippen molar-refractivity contribution in [2.24, 2.45) is 0 Å². The molecule has 4 amide bonds. The number of carbonyl (C=O) groups is 4. The predicted molar refractivity (Wildman–Crippen MR) is 171 cm³/mol. The van der Waals surface area contributed by atoms with Crippen LogP contribution >= 0.6 is 0 Å². The summed E-state index contributed by atoms with van der Waals surface area (Å²) in [6.07, 6.45) is -0.412. The number of ether oxygens (including phenoxy) is 1. The fraction of sp³-hybridized carbons (Fsp3) is 0.529. The molecule has 4 N–H and O–H groups in total. The van der Waals surface area contributed by atoms with Crippen molar-refractivity contribution in [3.63, 3.8) is 0 Å². The Morgan fingerprint density at radius 1 is 0.891 bits per heavy atom. The monoisotopic (exact) mass is 646 g/mol. The van der Waals surface area contributed by atoms with Crippen LogP contribution in [0.25, 0.3) is 0 Å². The molecule has 0 fully saturated rings. The van der Waals surface area contributed by atoms with E-state index >= 15 is 0 Å². The van der Waals surface area contributed by atoms with E-state index in [-0.39, 0.29) is 55.3 Å². The van der Waals surface area contributed by atoms with Crippen molar-refractivity contribution in [1.29, 1.82) is 0 Å². The van der Waals surface area contributed by atoms with Gasteiger partial charge in [-0.25, -0.2) is 13.6 Å². The highest BCUT2D eigenvalue weighted by Gasteiger charge is 2.25. The summed E-state index contributed by atoms with van der Waals surface area (Å²) in [7, 11) is 0. The number of amides is 4. The first-order valence-corrected chi connectivity index (χ1v) is 15.7. The standard InChI is InChI=1S/C34H48F2N4O6/c1-7-13-40(14-8-2)32(44)25-16-22(3)15-24(20-25)31(43)39-28(19-23-17-26(35)21-27(36)18-23)29(41)9-11-37-30(42)10-12-38-33(45)46-34(4,5)6/h15-18,20-21,28-29,41H,7-14,19H2,1-6H3,(H,37,42)(H,38,45)(H,39,43)/t28-,29+/m0/s1. The van der Waals surface area contributed by atoms with Gasteiger partial charge in [-0.3, -0.25) is 14.4 Å². The molecule has 2 aromatic rings. The molecule has 46 heavy (non-hydrogen) atoms. The minimum Gasteiger partial charge on any atom is -0.444 e. The summed E-state index contributed by atoms with van der Waals surface area (Å²) in [5, 5.41) is 19.0. The normalized spacial score (nSPS) is 12.5. The highest BCUT2D eigenvalue weighted by molar-refractivity contribution is 6.00. The SMILES string of the molecule is CCCN(CCC)C(=O)c1cc(C)cc(C(=O)N[C@@H](Cc2cc(F)cc(F)c2)[C@H](O)CCNC(=O)CCNC(=O)OC(C)(C)C)c1. The summed E-state index contributed by atoms with van der Waals surface area (Å²) in [5.74, 6) is -2.74. The van der Waals surface area contributed by atoms with Gasteiger partial charge in [-0.2, -0.15) is 0 Å².